The van der Waals surface area contributed by atoms with Gasteiger partial charge in [0.05, 0.1) is 47.7 Å². The fourth-order valence-electron chi connectivity index (χ4n) is 3.00. The molecule has 3 aromatic rings. The minimum Gasteiger partial charge on any atom is -0.389 e. The van der Waals surface area contributed by atoms with Crippen LogP contribution in [0.3, 0.4) is 0 Å². The van der Waals surface area contributed by atoms with Crippen LogP contribution in [0.1, 0.15) is 21.5 Å². The number of amides is 1. The zero-order valence-electron chi connectivity index (χ0n) is 15.3. The molecule has 28 heavy (non-hydrogen) atoms. The van der Waals surface area contributed by atoms with Crippen LogP contribution in [0.4, 0.5) is 5.69 Å². The standard InChI is InChI=1S/C18H19N5O5/c1-10-3-15-16(4-11(10)2)22(9-20-15)8-13(24)7-21-6-12(23(27)28)5-14(17(19)25)18(21)26/h3-6,9,13,24H,7-8H2,1-2H3,(H2,19,25). The number of primary amides is 1. The number of aryl methyl sites for hydroxylation is 2. The molecule has 1 atom stereocenters. The van der Waals surface area contributed by atoms with Crippen LogP contribution in [-0.4, -0.2) is 36.2 Å². The molecule has 0 fully saturated rings. The first kappa shape index (κ1) is 19.2. The Morgan fingerprint density at radius 2 is 1.89 bits per heavy atom. The highest BCUT2D eigenvalue weighted by molar-refractivity contribution is 5.92. The number of rotatable bonds is 6. The summed E-state index contributed by atoms with van der Waals surface area (Å²) in [6.07, 6.45) is 1.51. The second kappa shape index (κ2) is 7.24. The molecule has 0 bridgehead atoms. The van der Waals surface area contributed by atoms with E-state index < -0.39 is 33.7 Å². The van der Waals surface area contributed by atoms with Gasteiger partial charge in [-0.2, -0.15) is 0 Å². The number of carbonyl (C=O) groups excluding carboxylic acids is 1. The maximum Gasteiger partial charge on any atom is 0.286 e. The van der Waals surface area contributed by atoms with Crippen LogP contribution in [0.15, 0.2) is 35.5 Å². The van der Waals surface area contributed by atoms with Gasteiger partial charge >= 0.3 is 0 Å². The highest BCUT2D eigenvalue weighted by Gasteiger charge is 2.19. The number of fused-ring (bicyclic) bond motifs is 1. The van der Waals surface area contributed by atoms with Crippen molar-refractivity contribution in [3.8, 4) is 0 Å². The summed E-state index contributed by atoms with van der Waals surface area (Å²) in [5.41, 5.74) is 7.15. The molecular formula is C18H19N5O5. The molecule has 0 aliphatic rings. The van der Waals surface area contributed by atoms with Gasteiger partial charge in [0.25, 0.3) is 17.2 Å². The zero-order chi connectivity index (χ0) is 20.6. The molecule has 2 heterocycles. The van der Waals surface area contributed by atoms with Gasteiger partial charge in [-0.3, -0.25) is 19.7 Å². The van der Waals surface area contributed by atoms with Gasteiger partial charge < -0.3 is 20.0 Å². The molecule has 0 spiro atoms. The molecule has 1 amide bonds. The number of hydrogen-bond acceptors (Lipinski definition) is 6. The van der Waals surface area contributed by atoms with Gasteiger partial charge in [0, 0.05) is 6.07 Å². The Morgan fingerprint density at radius 3 is 2.54 bits per heavy atom. The largest absolute Gasteiger partial charge is 0.389 e. The van der Waals surface area contributed by atoms with Crippen LogP contribution < -0.4 is 11.3 Å². The van der Waals surface area contributed by atoms with E-state index >= 15 is 0 Å². The highest BCUT2D eigenvalue weighted by Crippen LogP contribution is 2.19. The highest BCUT2D eigenvalue weighted by atomic mass is 16.6. The Bertz CT molecular complexity index is 1150. The lowest BCUT2D eigenvalue weighted by molar-refractivity contribution is -0.385. The van der Waals surface area contributed by atoms with E-state index in [9.17, 15) is 24.8 Å². The van der Waals surface area contributed by atoms with E-state index in [0.29, 0.717) is 0 Å². The van der Waals surface area contributed by atoms with Crippen LogP contribution >= 0.6 is 0 Å². The third kappa shape index (κ3) is 3.62. The van der Waals surface area contributed by atoms with Crippen molar-refractivity contribution in [2.24, 2.45) is 5.73 Å². The number of nitrogens with zero attached hydrogens (tertiary/aromatic N) is 4. The molecule has 1 aromatic carbocycles. The first-order valence-electron chi connectivity index (χ1n) is 8.46. The van der Waals surface area contributed by atoms with Crippen LogP contribution in [0, 0.1) is 24.0 Å². The quantitative estimate of drug-likeness (QED) is 0.476. The Hall–Kier alpha value is -3.53. The van der Waals surface area contributed by atoms with Crippen molar-refractivity contribution in [3.63, 3.8) is 0 Å². The van der Waals surface area contributed by atoms with Crippen molar-refractivity contribution < 1.29 is 14.8 Å². The molecule has 2 aromatic heterocycles. The molecule has 0 saturated carbocycles. The lowest BCUT2D eigenvalue weighted by atomic mass is 10.1. The van der Waals surface area contributed by atoms with Crippen LogP contribution in [0.2, 0.25) is 0 Å². The number of nitrogens with two attached hydrogens (primary N) is 1. The summed E-state index contributed by atoms with van der Waals surface area (Å²) < 4.78 is 2.67. The Kier molecular flexibility index (Phi) is 4.97. The molecule has 10 nitrogen and oxygen atoms in total. The fraction of sp³-hybridized carbons (Fsp3) is 0.278. The van der Waals surface area contributed by atoms with E-state index in [1.165, 1.54) is 0 Å². The van der Waals surface area contributed by atoms with E-state index in [1.54, 1.807) is 10.9 Å². The Morgan fingerprint density at radius 1 is 1.25 bits per heavy atom. The van der Waals surface area contributed by atoms with Crippen molar-refractivity contribution in [2.75, 3.05) is 0 Å². The normalized spacial score (nSPS) is 12.2. The summed E-state index contributed by atoms with van der Waals surface area (Å²) >= 11 is 0. The van der Waals surface area contributed by atoms with Crippen LogP contribution in [0.5, 0.6) is 0 Å². The molecule has 0 radical (unpaired) electrons. The summed E-state index contributed by atoms with van der Waals surface area (Å²) in [7, 11) is 0. The monoisotopic (exact) mass is 385 g/mol. The third-order valence-corrected chi connectivity index (χ3v) is 4.60. The average Bonchev–Trinajstić information content (AvgIpc) is 2.98. The lowest BCUT2D eigenvalue weighted by Crippen LogP contribution is -2.33. The van der Waals surface area contributed by atoms with E-state index in [0.717, 1.165) is 39.0 Å². The van der Waals surface area contributed by atoms with Gasteiger partial charge in [-0.25, -0.2) is 4.98 Å². The Labute approximate surface area is 159 Å². The predicted molar refractivity (Wildman–Crippen MR) is 101 cm³/mol. The number of benzene rings is 1. The second-order valence-electron chi connectivity index (χ2n) is 6.67. The maximum atomic E-state index is 12.3. The smallest absolute Gasteiger partial charge is 0.286 e. The first-order valence-corrected chi connectivity index (χ1v) is 8.46. The molecule has 0 aliphatic carbocycles. The maximum absolute atomic E-state index is 12.3. The van der Waals surface area contributed by atoms with Crippen molar-refractivity contribution in [1.29, 1.82) is 0 Å². The second-order valence-corrected chi connectivity index (χ2v) is 6.67. The van der Waals surface area contributed by atoms with E-state index in [-0.39, 0.29) is 13.1 Å². The zero-order valence-corrected chi connectivity index (χ0v) is 15.3. The first-order chi connectivity index (χ1) is 13.2. The van der Waals surface area contributed by atoms with Gasteiger partial charge in [-0.1, -0.05) is 0 Å². The van der Waals surface area contributed by atoms with Gasteiger partial charge in [0.1, 0.15) is 5.56 Å². The Balaban J connectivity index is 1.90. The van der Waals surface area contributed by atoms with E-state index in [1.807, 2.05) is 26.0 Å². The molecule has 3 rings (SSSR count). The van der Waals surface area contributed by atoms with Crippen LogP contribution in [-0.2, 0) is 13.1 Å². The van der Waals surface area contributed by atoms with E-state index in [2.05, 4.69) is 4.98 Å². The van der Waals surface area contributed by atoms with Gasteiger partial charge in [-0.15, -0.1) is 0 Å². The van der Waals surface area contributed by atoms with E-state index in [4.69, 9.17) is 5.73 Å². The lowest BCUT2D eigenvalue weighted by Gasteiger charge is -2.15. The SMILES string of the molecule is Cc1cc2ncn(CC(O)Cn3cc([N+](=O)[O-])cc(C(N)=O)c3=O)c2cc1C. The molecule has 10 heteroatoms. The molecule has 0 aliphatic heterocycles. The number of pyridine rings is 1. The van der Waals surface area contributed by atoms with Crippen molar-refractivity contribution >= 4 is 22.6 Å². The molecule has 0 saturated heterocycles. The number of imidazole rings is 1. The number of aliphatic hydroxyl groups excluding tert-OH is 1. The molecular weight excluding hydrogens is 366 g/mol. The number of hydrogen-bond donors (Lipinski definition) is 2. The summed E-state index contributed by atoms with van der Waals surface area (Å²) in [6.45, 7) is 3.82. The number of carbonyl (C=O) groups is 1. The number of nitro groups is 1. The minimum absolute atomic E-state index is 0.111. The van der Waals surface area contributed by atoms with Gasteiger partial charge in [-0.05, 0) is 37.1 Å². The number of aliphatic hydroxyl groups is 1. The number of aromatic nitrogens is 3. The van der Waals surface area contributed by atoms with Crippen LogP contribution in [0.25, 0.3) is 11.0 Å². The minimum atomic E-state index is -1.07. The summed E-state index contributed by atoms with van der Waals surface area (Å²) in [5, 5.41) is 21.5. The summed E-state index contributed by atoms with van der Waals surface area (Å²) in [6, 6.07) is 4.73. The third-order valence-electron chi connectivity index (χ3n) is 4.60. The predicted octanol–water partition coefficient (Wildman–Crippen LogP) is 0.883. The average molecular weight is 385 g/mol. The molecule has 1 unspecified atom stereocenters. The van der Waals surface area contributed by atoms with Gasteiger partial charge in [0.15, 0.2) is 0 Å². The topological polar surface area (TPSA) is 146 Å². The fourth-order valence-corrected chi connectivity index (χ4v) is 3.00. The van der Waals surface area contributed by atoms with Crippen molar-refractivity contribution in [3.05, 3.63) is 67.9 Å². The summed E-state index contributed by atoms with van der Waals surface area (Å²) in [5.74, 6) is -1.07. The molecule has 146 valence electrons. The van der Waals surface area contributed by atoms with Crippen molar-refractivity contribution in [1.82, 2.24) is 14.1 Å². The van der Waals surface area contributed by atoms with Gasteiger partial charge in [0.2, 0.25) is 0 Å². The summed E-state index contributed by atoms with van der Waals surface area (Å²) in [4.78, 5) is 38.4. The molecule has 3 N–H and O–H groups in total. The van der Waals surface area contributed by atoms with Crippen molar-refractivity contribution in [2.45, 2.75) is 33.0 Å².